The molecule has 3 aromatic rings. The summed E-state index contributed by atoms with van der Waals surface area (Å²) in [7, 11) is 1.70. The molecule has 0 unspecified atom stereocenters. The van der Waals surface area contributed by atoms with Crippen molar-refractivity contribution in [2.24, 2.45) is 7.05 Å². The summed E-state index contributed by atoms with van der Waals surface area (Å²) < 4.78 is 27.8. The van der Waals surface area contributed by atoms with E-state index in [2.05, 4.69) is 25.6 Å². The highest BCUT2D eigenvalue weighted by Crippen LogP contribution is 2.22. The third kappa shape index (κ3) is 3.26. The van der Waals surface area contributed by atoms with Gasteiger partial charge in [-0.15, -0.1) is 5.10 Å². The highest BCUT2D eigenvalue weighted by molar-refractivity contribution is 8.00. The summed E-state index contributed by atoms with van der Waals surface area (Å²) in [5.41, 5.74) is 0.956. The SMILES string of the molecule is Cn1nnc2c(SCC(=O)Nc3ccc(F)cc3F)ncnc21. The fourth-order valence-electron chi connectivity index (χ4n) is 1.85. The van der Waals surface area contributed by atoms with Gasteiger partial charge in [-0.3, -0.25) is 4.79 Å². The molecule has 3 rings (SSSR count). The van der Waals surface area contributed by atoms with E-state index in [0.29, 0.717) is 22.3 Å². The maximum Gasteiger partial charge on any atom is 0.234 e. The maximum atomic E-state index is 13.5. The molecule has 118 valence electrons. The molecule has 2 aromatic heterocycles. The Labute approximate surface area is 133 Å². The fourth-order valence-corrected chi connectivity index (χ4v) is 2.58. The molecule has 10 heteroatoms. The first-order valence-corrected chi connectivity index (χ1v) is 7.41. The van der Waals surface area contributed by atoms with E-state index in [1.165, 1.54) is 17.1 Å². The Hall–Kier alpha value is -2.62. The molecule has 7 nitrogen and oxygen atoms in total. The van der Waals surface area contributed by atoms with Gasteiger partial charge in [0.05, 0.1) is 11.4 Å². The van der Waals surface area contributed by atoms with E-state index in [-0.39, 0.29) is 11.4 Å². The summed E-state index contributed by atoms with van der Waals surface area (Å²) in [6.07, 6.45) is 1.35. The Kier molecular flexibility index (Phi) is 4.15. The van der Waals surface area contributed by atoms with Crippen LogP contribution in [0.15, 0.2) is 29.6 Å². The second-order valence-corrected chi connectivity index (χ2v) is 5.49. The molecule has 0 aliphatic rings. The van der Waals surface area contributed by atoms with Gasteiger partial charge in [0.15, 0.2) is 11.2 Å². The van der Waals surface area contributed by atoms with Crippen molar-refractivity contribution >= 4 is 34.5 Å². The van der Waals surface area contributed by atoms with E-state index < -0.39 is 17.5 Å². The van der Waals surface area contributed by atoms with E-state index >= 15 is 0 Å². The average Bonchev–Trinajstić information content (AvgIpc) is 2.90. The molecule has 0 atom stereocenters. The lowest BCUT2D eigenvalue weighted by Crippen LogP contribution is -2.15. The normalized spacial score (nSPS) is 10.9. The molecule has 0 aliphatic carbocycles. The van der Waals surface area contributed by atoms with Gasteiger partial charge in [0.2, 0.25) is 5.91 Å². The Morgan fingerprint density at radius 2 is 2.17 bits per heavy atom. The lowest BCUT2D eigenvalue weighted by Gasteiger charge is -2.06. The van der Waals surface area contributed by atoms with E-state index in [9.17, 15) is 13.6 Å². The monoisotopic (exact) mass is 336 g/mol. The number of amides is 1. The number of aryl methyl sites for hydroxylation is 1. The molecule has 0 fully saturated rings. The first-order chi connectivity index (χ1) is 11.0. The number of hydrogen-bond donors (Lipinski definition) is 1. The molecule has 0 saturated carbocycles. The van der Waals surface area contributed by atoms with Crippen molar-refractivity contribution in [3.05, 3.63) is 36.2 Å². The van der Waals surface area contributed by atoms with Crippen LogP contribution < -0.4 is 5.32 Å². The number of nitrogens with one attached hydrogen (secondary N) is 1. The first-order valence-electron chi connectivity index (χ1n) is 6.42. The number of rotatable bonds is 4. The number of hydrogen-bond acceptors (Lipinski definition) is 6. The number of carbonyl (C=O) groups is 1. The number of nitrogens with zero attached hydrogens (tertiary/aromatic N) is 5. The molecule has 1 amide bonds. The van der Waals surface area contributed by atoms with Crippen LogP contribution in [0.25, 0.3) is 11.2 Å². The molecule has 0 bridgehead atoms. The molecule has 1 N–H and O–H groups in total. The largest absolute Gasteiger partial charge is 0.323 e. The molecule has 0 aliphatic heterocycles. The van der Waals surface area contributed by atoms with Gasteiger partial charge in [-0.25, -0.2) is 23.4 Å². The summed E-state index contributed by atoms with van der Waals surface area (Å²) >= 11 is 1.12. The van der Waals surface area contributed by atoms with Gasteiger partial charge >= 0.3 is 0 Å². The predicted molar refractivity (Wildman–Crippen MR) is 79.8 cm³/mol. The Bertz CT molecular complexity index is 884. The average molecular weight is 336 g/mol. The minimum Gasteiger partial charge on any atom is -0.323 e. The summed E-state index contributed by atoms with van der Waals surface area (Å²) in [5, 5.41) is 10.6. The van der Waals surface area contributed by atoms with Crippen LogP contribution in [-0.4, -0.2) is 36.6 Å². The quantitative estimate of drug-likeness (QED) is 0.577. The Morgan fingerprint density at radius 1 is 1.35 bits per heavy atom. The fraction of sp³-hybridized carbons (Fsp3) is 0.154. The van der Waals surface area contributed by atoms with Crippen molar-refractivity contribution in [1.29, 1.82) is 0 Å². The number of fused-ring (bicyclic) bond motifs is 1. The van der Waals surface area contributed by atoms with Crippen LogP contribution in [0.5, 0.6) is 0 Å². The molecular formula is C13H10F2N6OS. The van der Waals surface area contributed by atoms with Crippen molar-refractivity contribution in [2.45, 2.75) is 5.03 Å². The predicted octanol–water partition coefficient (Wildman–Crippen LogP) is 1.77. The summed E-state index contributed by atoms with van der Waals surface area (Å²) in [5.74, 6) is -2.00. The van der Waals surface area contributed by atoms with Crippen molar-refractivity contribution in [3.63, 3.8) is 0 Å². The minimum atomic E-state index is -0.832. The topological polar surface area (TPSA) is 85.6 Å². The van der Waals surface area contributed by atoms with Gasteiger partial charge in [0.1, 0.15) is 23.0 Å². The third-order valence-electron chi connectivity index (χ3n) is 2.90. The van der Waals surface area contributed by atoms with Crippen molar-refractivity contribution in [1.82, 2.24) is 25.0 Å². The number of benzene rings is 1. The molecule has 0 saturated heterocycles. The number of halogens is 2. The molecule has 0 radical (unpaired) electrons. The third-order valence-corrected chi connectivity index (χ3v) is 3.88. The second kappa shape index (κ2) is 6.24. The van der Waals surface area contributed by atoms with Gasteiger partial charge in [-0.2, -0.15) is 0 Å². The summed E-state index contributed by atoms with van der Waals surface area (Å²) in [6.45, 7) is 0. The second-order valence-electron chi connectivity index (χ2n) is 4.53. The van der Waals surface area contributed by atoms with Crippen molar-refractivity contribution in [2.75, 3.05) is 11.1 Å². The maximum absolute atomic E-state index is 13.5. The minimum absolute atomic E-state index is 0.0144. The summed E-state index contributed by atoms with van der Waals surface area (Å²) in [6, 6.07) is 2.94. The highest BCUT2D eigenvalue weighted by Gasteiger charge is 2.13. The van der Waals surface area contributed by atoms with Crippen LogP contribution in [0.4, 0.5) is 14.5 Å². The molecule has 2 heterocycles. The molecule has 23 heavy (non-hydrogen) atoms. The van der Waals surface area contributed by atoms with Gasteiger partial charge in [-0.1, -0.05) is 17.0 Å². The number of anilines is 1. The number of thioether (sulfide) groups is 1. The van der Waals surface area contributed by atoms with Crippen LogP contribution >= 0.6 is 11.8 Å². The van der Waals surface area contributed by atoms with E-state index in [1.54, 1.807) is 7.05 Å². The van der Waals surface area contributed by atoms with Crippen LogP contribution in [0.2, 0.25) is 0 Å². The van der Waals surface area contributed by atoms with Gasteiger partial charge in [0, 0.05) is 13.1 Å². The van der Waals surface area contributed by atoms with Gasteiger partial charge in [0.25, 0.3) is 0 Å². The lowest BCUT2D eigenvalue weighted by atomic mass is 10.3. The van der Waals surface area contributed by atoms with Crippen LogP contribution in [0.1, 0.15) is 0 Å². The first kappa shape index (κ1) is 15.3. The smallest absolute Gasteiger partial charge is 0.234 e. The van der Waals surface area contributed by atoms with Crippen molar-refractivity contribution < 1.29 is 13.6 Å². The highest BCUT2D eigenvalue weighted by atomic mass is 32.2. The lowest BCUT2D eigenvalue weighted by molar-refractivity contribution is -0.113. The van der Waals surface area contributed by atoms with E-state index in [1.807, 2.05) is 0 Å². The van der Waals surface area contributed by atoms with Gasteiger partial charge in [-0.05, 0) is 12.1 Å². The zero-order valence-electron chi connectivity index (χ0n) is 11.8. The zero-order valence-corrected chi connectivity index (χ0v) is 12.6. The van der Waals surface area contributed by atoms with Crippen LogP contribution in [0.3, 0.4) is 0 Å². The standard InChI is InChI=1S/C13H10F2N6OS/c1-21-12-11(19-20-21)13(17-6-16-12)23-5-10(22)18-9-3-2-7(14)4-8(9)15/h2-4,6H,5H2,1H3,(H,18,22). The Morgan fingerprint density at radius 3 is 2.96 bits per heavy atom. The number of carbonyl (C=O) groups excluding carboxylic acids is 1. The van der Waals surface area contributed by atoms with E-state index in [0.717, 1.165) is 17.8 Å². The van der Waals surface area contributed by atoms with Crippen LogP contribution in [-0.2, 0) is 11.8 Å². The molecule has 1 aromatic carbocycles. The van der Waals surface area contributed by atoms with Gasteiger partial charge < -0.3 is 5.32 Å². The zero-order chi connectivity index (χ0) is 16.4. The molecular weight excluding hydrogens is 326 g/mol. The Balaban J connectivity index is 1.68. The van der Waals surface area contributed by atoms with E-state index in [4.69, 9.17) is 0 Å². The van der Waals surface area contributed by atoms with Crippen LogP contribution in [0, 0.1) is 11.6 Å². The summed E-state index contributed by atoms with van der Waals surface area (Å²) in [4.78, 5) is 20.0. The number of aromatic nitrogens is 5. The van der Waals surface area contributed by atoms with Crippen molar-refractivity contribution in [3.8, 4) is 0 Å². The molecule has 0 spiro atoms.